The first-order chi connectivity index (χ1) is 10.2. The van der Waals surface area contributed by atoms with E-state index in [1.807, 2.05) is 35.0 Å². The number of hydrogen-bond donors (Lipinski definition) is 1. The standard InChI is InChI=1S/C17H16F2N2/c18-14-4-5-16(19)13(10-14)11-21-9-7-15-12(6-8-20)2-1-3-17(15)21/h1-5,7,9-10H,6,8,11,20H2. The Morgan fingerprint density at radius 1 is 1.00 bits per heavy atom. The molecule has 0 bridgehead atoms. The van der Waals surface area contributed by atoms with Gasteiger partial charge in [0.15, 0.2) is 0 Å². The normalized spacial score (nSPS) is 11.2. The summed E-state index contributed by atoms with van der Waals surface area (Å²) in [7, 11) is 0. The molecule has 0 saturated heterocycles. The fourth-order valence-corrected chi connectivity index (χ4v) is 2.65. The van der Waals surface area contributed by atoms with Crippen molar-refractivity contribution < 1.29 is 8.78 Å². The summed E-state index contributed by atoms with van der Waals surface area (Å²) < 4.78 is 29.0. The van der Waals surface area contributed by atoms with Gasteiger partial charge in [-0.1, -0.05) is 12.1 Å². The van der Waals surface area contributed by atoms with Gasteiger partial charge in [-0.15, -0.1) is 0 Å². The van der Waals surface area contributed by atoms with E-state index in [0.717, 1.165) is 29.5 Å². The van der Waals surface area contributed by atoms with Gasteiger partial charge < -0.3 is 10.3 Å². The fourth-order valence-electron chi connectivity index (χ4n) is 2.65. The van der Waals surface area contributed by atoms with Gasteiger partial charge in [-0.2, -0.15) is 0 Å². The summed E-state index contributed by atoms with van der Waals surface area (Å²) in [6.07, 6.45) is 2.70. The molecule has 3 aromatic rings. The Kier molecular flexibility index (Phi) is 3.71. The SMILES string of the molecule is NCCc1cccc2c1ccn2Cc1cc(F)ccc1F. The molecule has 0 aliphatic rings. The van der Waals surface area contributed by atoms with Crippen LogP contribution in [0.5, 0.6) is 0 Å². The molecule has 108 valence electrons. The zero-order valence-corrected chi connectivity index (χ0v) is 11.5. The maximum Gasteiger partial charge on any atom is 0.128 e. The predicted octanol–water partition coefficient (Wildman–Crippen LogP) is 3.47. The summed E-state index contributed by atoms with van der Waals surface area (Å²) in [6, 6.07) is 11.5. The lowest BCUT2D eigenvalue weighted by atomic mass is 10.1. The van der Waals surface area contributed by atoms with Crippen LogP contribution in [0, 0.1) is 11.6 Å². The molecular weight excluding hydrogens is 270 g/mol. The van der Waals surface area contributed by atoms with Gasteiger partial charge in [0.1, 0.15) is 11.6 Å². The van der Waals surface area contributed by atoms with E-state index in [1.54, 1.807) is 0 Å². The van der Waals surface area contributed by atoms with Gasteiger partial charge in [0.05, 0.1) is 6.54 Å². The molecule has 1 heterocycles. The van der Waals surface area contributed by atoms with E-state index >= 15 is 0 Å². The van der Waals surface area contributed by atoms with E-state index in [2.05, 4.69) is 0 Å². The first kappa shape index (κ1) is 13.8. The predicted molar refractivity (Wildman–Crippen MR) is 80.2 cm³/mol. The van der Waals surface area contributed by atoms with E-state index in [-0.39, 0.29) is 0 Å². The number of benzene rings is 2. The van der Waals surface area contributed by atoms with Crippen LogP contribution in [0.15, 0.2) is 48.7 Å². The van der Waals surface area contributed by atoms with Crippen LogP contribution in [0.1, 0.15) is 11.1 Å². The molecule has 2 nitrogen and oxygen atoms in total. The van der Waals surface area contributed by atoms with E-state index < -0.39 is 11.6 Å². The minimum absolute atomic E-state index is 0.305. The molecule has 2 N–H and O–H groups in total. The molecular formula is C17H16F2N2. The summed E-state index contributed by atoms with van der Waals surface area (Å²) in [5.41, 5.74) is 8.14. The topological polar surface area (TPSA) is 30.9 Å². The van der Waals surface area contributed by atoms with Gasteiger partial charge in [0, 0.05) is 22.7 Å². The van der Waals surface area contributed by atoms with Gasteiger partial charge in [0.25, 0.3) is 0 Å². The van der Waals surface area contributed by atoms with Crippen molar-refractivity contribution in [3.8, 4) is 0 Å². The lowest BCUT2D eigenvalue weighted by Crippen LogP contribution is -2.04. The Morgan fingerprint density at radius 2 is 1.86 bits per heavy atom. The quantitative estimate of drug-likeness (QED) is 0.782. The highest BCUT2D eigenvalue weighted by Crippen LogP contribution is 2.22. The molecule has 0 amide bonds. The van der Waals surface area contributed by atoms with E-state index in [4.69, 9.17) is 5.73 Å². The third-order valence-corrected chi connectivity index (χ3v) is 3.67. The smallest absolute Gasteiger partial charge is 0.128 e. The van der Waals surface area contributed by atoms with Crippen molar-refractivity contribution in [3.05, 3.63) is 71.4 Å². The number of rotatable bonds is 4. The largest absolute Gasteiger partial charge is 0.343 e. The maximum atomic E-state index is 13.8. The molecule has 0 atom stereocenters. The van der Waals surface area contributed by atoms with Crippen molar-refractivity contribution in [2.75, 3.05) is 6.54 Å². The van der Waals surface area contributed by atoms with Crippen LogP contribution >= 0.6 is 0 Å². The number of aromatic nitrogens is 1. The van der Waals surface area contributed by atoms with E-state index in [1.165, 1.54) is 11.6 Å². The molecule has 1 aromatic heterocycles. The number of halogens is 2. The zero-order chi connectivity index (χ0) is 14.8. The minimum Gasteiger partial charge on any atom is -0.343 e. The molecule has 4 heteroatoms. The molecule has 0 radical (unpaired) electrons. The number of fused-ring (bicyclic) bond motifs is 1. The number of nitrogens with two attached hydrogens (primary N) is 1. The Hall–Kier alpha value is -2.20. The minimum atomic E-state index is -0.424. The van der Waals surface area contributed by atoms with Crippen LogP contribution in [0.4, 0.5) is 8.78 Å². The second-order valence-electron chi connectivity index (χ2n) is 5.07. The average Bonchev–Trinajstić information content (AvgIpc) is 2.88. The second kappa shape index (κ2) is 5.66. The third-order valence-electron chi connectivity index (χ3n) is 3.67. The van der Waals surface area contributed by atoms with Gasteiger partial charge >= 0.3 is 0 Å². The number of nitrogens with zero attached hydrogens (tertiary/aromatic N) is 1. The zero-order valence-electron chi connectivity index (χ0n) is 11.5. The molecule has 0 fully saturated rings. The first-order valence-electron chi connectivity index (χ1n) is 6.90. The van der Waals surface area contributed by atoms with Crippen molar-refractivity contribution in [3.63, 3.8) is 0 Å². The van der Waals surface area contributed by atoms with Crippen LogP contribution in [0.2, 0.25) is 0 Å². The highest BCUT2D eigenvalue weighted by molar-refractivity contribution is 5.83. The summed E-state index contributed by atoms with van der Waals surface area (Å²) in [5, 5.41) is 1.11. The van der Waals surface area contributed by atoms with Crippen molar-refractivity contribution in [1.82, 2.24) is 4.57 Å². The molecule has 2 aromatic carbocycles. The second-order valence-corrected chi connectivity index (χ2v) is 5.07. The van der Waals surface area contributed by atoms with Crippen molar-refractivity contribution in [2.24, 2.45) is 5.73 Å². The Bertz CT molecular complexity index is 778. The Balaban J connectivity index is 2.01. The van der Waals surface area contributed by atoms with Crippen LogP contribution in [0.25, 0.3) is 10.9 Å². The van der Waals surface area contributed by atoms with Gasteiger partial charge in [-0.05, 0) is 48.9 Å². The average molecular weight is 286 g/mol. The molecule has 0 saturated carbocycles. The Morgan fingerprint density at radius 3 is 2.67 bits per heavy atom. The lowest BCUT2D eigenvalue weighted by molar-refractivity contribution is 0.579. The molecule has 0 unspecified atom stereocenters. The molecule has 0 aliphatic heterocycles. The summed E-state index contributed by atoms with van der Waals surface area (Å²) in [5.74, 6) is -0.817. The van der Waals surface area contributed by atoms with E-state index in [0.29, 0.717) is 18.7 Å². The van der Waals surface area contributed by atoms with Crippen molar-refractivity contribution in [2.45, 2.75) is 13.0 Å². The summed E-state index contributed by atoms with van der Waals surface area (Å²) in [4.78, 5) is 0. The van der Waals surface area contributed by atoms with Gasteiger partial charge in [-0.3, -0.25) is 0 Å². The monoisotopic (exact) mass is 286 g/mol. The first-order valence-corrected chi connectivity index (χ1v) is 6.90. The van der Waals surface area contributed by atoms with Crippen LogP contribution in [-0.2, 0) is 13.0 Å². The molecule has 0 spiro atoms. The van der Waals surface area contributed by atoms with Crippen LogP contribution in [-0.4, -0.2) is 11.1 Å². The Labute approximate surface area is 121 Å². The lowest BCUT2D eigenvalue weighted by Gasteiger charge is -2.08. The van der Waals surface area contributed by atoms with Crippen LogP contribution in [0.3, 0.4) is 0 Å². The molecule has 0 aliphatic carbocycles. The highest BCUT2D eigenvalue weighted by Gasteiger charge is 2.09. The summed E-state index contributed by atoms with van der Waals surface area (Å²) >= 11 is 0. The van der Waals surface area contributed by atoms with Gasteiger partial charge in [-0.25, -0.2) is 8.78 Å². The van der Waals surface area contributed by atoms with Gasteiger partial charge in [0.2, 0.25) is 0 Å². The van der Waals surface area contributed by atoms with Crippen molar-refractivity contribution in [1.29, 1.82) is 0 Å². The molecule has 21 heavy (non-hydrogen) atoms. The molecule has 3 rings (SSSR count). The fraction of sp³-hybridized carbons (Fsp3) is 0.176. The third kappa shape index (κ3) is 2.67. The summed E-state index contributed by atoms with van der Waals surface area (Å²) in [6.45, 7) is 0.891. The highest BCUT2D eigenvalue weighted by atomic mass is 19.1. The number of hydrogen-bond acceptors (Lipinski definition) is 1. The van der Waals surface area contributed by atoms with E-state index in [9.17, 15) is 8.78 Å². The maximum absolute atomic E-state index is 13.8. The van der Waals surface area contributed by atoms with Crippen LogP contribution < -0.4 is 5.73 Å². The van der Waals surface area contributed by atoms with Crippen molar-refractivity contribution >= 4 is 10.9 Å².